The van der Waals surface area contributed by atoms with E-state index >= 15 is 0 Å². The smallest absolute Gasteiger partial charge is 0.316 e. The van der Waals surface area contributed by atoms with Crippen LogP contribution in [0.3, 0.4) is 0 Å². The van der Waals surface area contributed by atoms with E-state index in [-0.39, 0.29) is 5.56 Å². The van der Waals surface area contributed by atoms with E-state index < -0.39 is 11.8 Å². The fourth-order valence-corrected chi connectivity index (χ4v) is 2.58. The molecule has 0 fully saturated rings. The van der Waals surface area contributed by atoms with Crippen molar-refractivity contribution in [3.63, 3.8) is 0 Å². The zero-order valence-corrected chi connectivity index (χ0v) is 12.5. The second kappa shape index (κ2) is 7.30. The van der Waals surface area contributed by atoms with Gasteiger partial charge in [0.15, 0.2) is 6.29 Å². The summed E-state index contributed by atoms with van der Waals surface area (Å²) < 4.78 is 13.5. The SMILES string of the molecule is N#Cc1ccc(C#CC2=CCC(NC(N)=O)=C(C=O)S2)cc1F. The Morgan fingerprint density at radius 1 is 1.43 bits per heavy atom. The number of carbonyl (C=O) groups is 2. The number of thioether (sulfide) groups is 1. The molecule has 0 aromatic heterocycles. The van der Waals surface area contributed by atoms with E-state index in [0.29, 0.717) is 33.8 Å². The molecule has 3 N–H and O–H groups in total. The van der Waals surface area contributed by atoms with E-state index in [1.807, 2.05) is 0 Å². The molecule has 2 amide bonds. The first-order chi connectivity index (χ1) is 11.0. The predicted molar refractivity (Wildman–Crippen MR) is 84.1 cm³/mol. The summed E-state index contributed by atoms with van der Waals surface area (Å²) in [7, 11) is 0. The van der Waals surface area contributed by atoms with Crippen molar-refractivity contribution in [2.45, 2.75) is 6.42 Å². The number of nitrogens with one attached hydrogen (secondary N) is 1. The van der Waals surface area contributed by atoms with Crippen molar-refractivity contribution in [3.8, 4) is 17.9 Å². The maximum absolute atomic E-state index is 13.5. The van der Waals surface area contributed by atoms with Crippen LogP contribution in [0.25, 0.3) is 0 Å². The molecular formula is C16H10FN3O2S. The van der Waals surface area contributed by atoms with Gasteiger partial charge in [-0.25, -0.2) is 9.18 Å². The third-order valence-electron chi connectivity index (χ3n) is 2.81. The van der Waals surface area contributed by atoms with Crippen LogP contribution in [-0.4, -0.2) is 12.3 Å². The molecule has 0 atom stereocenters. The van der Waals surface area contributed by atoms with Gasteiger partial charge in [0.05, 0.1) is 15.4 Å². The number of primary amides is 1. The standard InChI is InChI=1S/C16H10FN3O2S/c17-13-7-10(1-3-11(13)8-18)2-4-12-5-6-14(20-16(19)22)15(9-21)23-12/h1,3,5,7,9H,6H2,(H3,19,20,22). The minimum absolute atomic E-state index is 0.0462. The van der Waals surface area contributed by atoms with Gasteiger partial charge in [-0.2, -0.15) is 5.26 Å². The topological polar surface area (TPSA) is 96.0 Å². The van der Waals surface area contributed by atoms with Crippen LogP contribution in [0.5, 0.6) is 0 Å². The molecule has 5 nitrogen and oxygen atoms in total. The quantitative estimate of drug-likeness (QED) is 0.642. The summed E-state index contributed by atoms with van der Waals surface area (Å²) in [6, 6.07) is 5.07. The highest BCUT2D eigenvalue weighted by molar-refractivity contribution is 8.07. The van der Waals surface area contributed by atoms with Gasteiger partial charge in [0.25, 0.3) is 0 Å². The summed E-state index contributed by atoms with van der Waals surface area (Å²) >= 11 is 1.10. The van der Waals surface area contributed by atoms with E-state index in [1.54, 1.807) is 18.2 Å². The Hall–Kier alpha value is -3.03. The largest absolute Gasteiger partial charge is 0.351 e. The molecular weight excluding hydrogens is 317 g/mol. The first-order valence-electron chi connectivity index (χ1n) is 6.38. The Morgan fingerprint density at radius 3 is 2.83 bits per heavy atom. The summed E-state index contributed by atoms with van der Waals surface area (Å²) in [5, 5.41) is 11.1. The second-order valence-corrected chi connectivity index (χ2v) is 5.46. The molecule has 2 rings (SSSR count). The van der Waals surface area contributed by atoms with Crippen molar-refractivity contribution in [2.75, 3.05) is 0 Å². The zero-order valence-electron chi connectivity index (χ0n) is 11.7. The average molecular weight is 327 g/mol. The normalized spacial score (nSPS) is 13.3. The molecule has 1 heterocycles. The molecule has 1 aromatic rings. The lowest BCUT2D eigenvalue weighted by Crippen LogP contribution is -2.29. The number of rotatable bonds is 2. The van der Waals surface area contributed by atoms with Gasteiger partial charge in [0.1, 0.15) is 11.9 Å². The average Bonchev–Trinajstić information content (AvgIpc) is 2.53. The van der Waals surface area contributed by atoms with Gasteiger partial charge >= 0.3 is 6.03 Å². The van der Waals surface area contributed by atoms with Gasteiger partial charge in [-0.05, 0) is 18.2 Å². The summed E-state index contributed by atoms with van der Waals surface area (Å²) in [6.45, 7) is 0. The molecule has 0 unspecified atom stereocenters. The Kier molecular flexibility index (Phi) is 5.19. The van der Waals surface area contributed by atoms with Crippen LogP contribution in [0.1, 0.15) is 17.5 Å². The highest BCUT2D eigenvalue weighted by Crippen LogP contribution is 2.31. The van der Waals surface area contributed by atoms with Crippen LogP contribution in [0.2, 0.25) is 0 Å². The van der Waals surface area contributed by atoms with Crippen molar-refractivity contribution in [2.24, 2.45) is 5.73 Å². The number of amides is 2. The Bertz CT molecular complexity index is 841. The highest BCUT2D eigenvalue weighted by Gasteiger charge is 2.15. The maximum Gasteiger partial charge on any atom is 0.316 e. The van der Waals surface area contributed by atoms with E-state index in [4.69, 9.17) is 11.0 Å². The van der Waals surface area contributed by atoms with Gasteiger partial charge in [0.2, 0.25) is 0 Å². The second-order valence-electron chi connectivity index (χ2n) is 4.38. The molecule has 7 heteroatoms. The molecule has 0 bridgehead atoms. The molecule has 0 aliphatic carbocycles. The van der Waals surface area contributed by atoms with Crippen molar-refractivity contribution < 1.29 is 14.0 Å². The van der Waals surface area contributed by atoms with Crippen LogP contribution >= 0.6 is 11.8 Å². The summed E-state index contributed by atoms with van der Waals surface area (Å²) in [6.07, 6.45) is 2.66. The van der Waals surface area contributed by atoms with Gasteiger partial charge in [-0.3, -0.25) is 4.79 Å². The Balaban J connectivity index is 2.16. The number of nitrogens with zero attached hydrogens (tertiary/aromatic N) is 1. The van der Waals surface area contributed by atoms with Gasteiger partial charge in [0, 0.05) is 17.7 Å². The lowest BCUT2D eigenvalue weighted by molar-refractivity contribution is -0.104. The molecule has 0 spiro atoms. The fraction of sp³-hybridized carbons (Fsp3) is 0.0625. The molecule has 1 aliphatic rings. The number of hydrogen-bond acceptors (Lipinski definition) is 4. The van der Waals surface area contributed by atoms with Crippen molar-refractivity contribution in [1.29, 1.82) is 5.26 Å². The van der Waals surface area contributed by atoms with Crippen molar-refractivity contribution in [3.05, 3.63) is 56.7 Å². The first kappa shape index (κ1) is 16.3. The molecule has 114 valence electrons. The van der Waals surface area contributed by atoms with E-state index in [0.717, 1.165) is 11.8 Å². The Morgan fingerprint density at radius 2 is 2.22 bits per heavy atom. The predicted octanol–water partition coefficient (Wildman–Crippen LogP) is 2.15. The number of halogens is 1. The van der Waals surface area contributed by atoms with Gasteiger partial charge < -0.3 is 11.1 Å². The minimum atomic E-state index is -0.740. The van der Waals surface area contributed by atoms with E-state index in [2.05, 4.69) is 17.2 Å². The maximum atomic E-state index is 13.5. The first-order valence-corrected chi connectivity index (χ1v) is 7.19. The monoisotopic (exact) mass is 327 g/mol. The van der Waals surface area contributed by atoms with Gasteiger partial charge in [-0.15, -0.1) is 0 Å². The number of nitriles is 1. The van der Waals surface area contributed by atoms with Crippen LogP contribution in [0.4, 0.5) is 9.18 Å². The molecule has 23 heavy (non-hydrogen) atoms. The molecule has 0 saturated heterocycles. The van der Waals surface area contributed by atoms with Crippen LogP contribution in [0, 0.1) is 29.0 Å². The number of nitrogens with two attached hydrogens (primary N) is 1. The summed E-state index contributed by atoms with van der Waals surface area (Å²) in [4.78, 5) is 22.8. The number of carbonyl (C=O) groups excluding carboxylic acids is 2. The Labute approximate surface area is 136 Å². The number of urea groups is 1. The summed E-state index contributed by atoms with van der Waals surface area (Å²) in [5.74, 6) is 4.96. The molecule has 1 aromatic carbocycles. The number of hydrogen-bond donors (Lipinski definition) is 2. The number of allylic oxidation sites excluding steroid dienone is 3. The molecule has 1 aliphatic heterocycles. The molecule has 0 radical (unpaired) electrons. The van der Waals surface area contributed by atoms with E-state index in [1.165, 1.54) is 12.1 Å². The van der Waals surface area contributed by atoms with Crippen LogP contribution in [0.15, 0.2) is 39.8 Å². The van der Waals surface area contributed by atoms with Crippen LogP contribution < -0.4 is 11.1 Å². The third kappa shape index (κ3) is 4.22. The van der Waals surface area contributed by atoms with E-state index in [9.17, 15) is 14.0 Å². The third-order valence-corrected chi connectivity index (χ3v) is 3.86. The lowest BCUT2D eigenvalue weighted by atomic mass is 10.1. The number of aldehydes is 1. The molecule has 0 saturated carbocycles. The number of benzene rings is 1. The van der Waals surface area contributed by atoms with Crippen molar-refractivity contribution >= 4 is 24.1 Å². The lowest BCUT2D eigenvalue weighted by Gasteiger charge is -2.14. The van der Waals surface area contributed by atoms with Crippen molar-refractivity contribution in [1.82, 2.24) is 5.32 Å². The summed E-state index contributed by atoms with van der Waals surface area (Å²) in [5.41, 5.74) is 5.83. The van der Waals surface area contributed by atoms with Gasteiger partial charge in [-0.1, -0.05) is 29.7 Å². The minimum Gasteiger partial charge on any atom is -0.351 e. The fourth-order valence-electron chi connectivity index (χ4n) is 1.77. The zero-order chi connectivity index (χ0) is 16.8. The highest BCUT2D eigenvalue weighted by atomic mass is 32.2. The van der Waals surface area contributed by atoms with Crippen LogP contribution in [-0.2, 0) is 4.79 Å².